The second-order valence-electron chi connectivity index (χ2n) is 8.74. The van der Waals surface area contributed by atoms with E-state index in [1.54, 1.807) is 0 Å². The zero-order chi connectivity index (χ0) is 21.7. The van der Waals surface area contributed by atoms with Gasteiger partial charge in [-0.2, -0.15) is 0 Å². The lowest BCUT2D eigenvalue weighted by molar-refractivity contribution is -0.128. The van der Waals surface area contributed by atoms with Crippen molar-refractivity contribution >= 4 is 23.4 Å². The number of hydrogen-bond donors (Lipinski definition) is 1. The summed E-state index contributed by atoms with van der Waals surface area (Å²) in [5.41, 5.74) is 3.26. The summed E-state index contributed by atoms with van der Waals surface area (Å²) < 4.78 is 0. The van der Waals surface area contributed by atoms with Crippen molar-refractivity contribution in [1.82, 2.24) is 10.2 Å². The molecule has 1 heterocycles. The fraction of sp³-hybridized carbons (Fsp3) is 0.440. The highest BCUT2D eigenvalue weighted by molar-refractivity contribution is 6.31. The van der Waals surface area contributed by atoms with Gasteiger partial charge in [0, 0.05) is 37.0 Å². The minimum atomic E-state index is -0.213. The van der Waals surface area contributed by atoms with E-state index in [0.29, 0.717) is 37.0 Å². The van der Waals surface area contributed by atoms with Gasteiger partial charge in [0.1, 0.15) is 0 Å². The van der Waals surface area contributed by atoms with Crippen LogP contribution in [-0.4, -0.2) is 29.8 Å². The van der Waals surface area contributed by atoms with E-state index in [1.807, 2.05) is 48.2 Å². The summed E-state index contributed by atoms with van der Waals surface area (Å²) in [5, 5.41) is 3.72. The van der Waals surface area contributed by atoms with E-state index in [0.717, 1.165) is 17.5 Å². The van der Waals surface area contributed by atoms with Crippen molar-refractivity contribution in [3.8, 4) is 0 Å². The van der Waals surface area contributed by atoms with Gasteiger partial charge in [-0.1, -0.05) is 67.9 Å². The van der Waals surface area contributed by atoms with Gasteiger partial charge < -0.3 is 10.2 Å². The summed E-state index contributed by atoms with van der Waals surface area (Å²) in [6, 6.07) is 15.9. The van der Waals surface area contributed by atoms with Crippen LogP contribution >= 0.6 is 11.6 Å². The second kappa shape index (κ2) is 10.1. The predicted octanol–water partition coefficient (Wildman–Crippen LogP) is 4.81. The van der Waals surface area contributed by atoms with E-state index in [4.69, 9.17) is 11.6 Å². The molecule has 30 heavy (non-hydrogen) atoms. The topological polar surface area (TPSA) is 49.4 Å². The Morgan fingerprint density at radius 1 is 1.13 bits per heavy atom. The first kappa shape index (κ1) is 22.4. The van der Waals surface area contributed by atoms with Gasteiger partial charge in [-0.25, -0.2) is 0 Å². The van der Waals surface area contributed by atoms with Gasteiger partial charge in [0.25, 0.3) is 0 Å². The van der Waals surface area contributed by atoms with Gasteiger partial charge >= 0.3 is 0 Å². The van der Waals surface area contributed by atoms with Gasteiger partial charge in [0.05, 0.1) is 5.92 Å². The quantitative estimate of drug-likeness (QED) is 0.658. The molecule has 1 aliphatic rings. The number of carbonyl (C=O) groups excluding carboxylic acids is 2. The third kappa shape index (κ3) is 5.85. The number of amides is 2. The molecule has 160 valence electrons. The van der Waals surface area contributed by atoms with Crippen molar-refractivity contribution in [3.63, 3.8) is 0 Å². The van der Waals surface area contributed by atoms with Crippen molar-refractivity contribution in [3.05, 3.63) is 70.2 Å². The standard InChI is InChI=1S/C25H31ClN2O2/c1-17(2)12-19-8-10-21(11-9-19)18(3)25(30)27-14-20-13-24(29)28(15-20)16-22-6-4-5-7-23(22)26/h4-11,17-18,20H,12-16H2,1-3H3,(H,27,30). The maximum Gasteiger partial charge on any atom is 0.227 e. The molecule has 2 unspecified atom stereocenters. The lowest BCUT2D eigenvalue weighted by Crippen LogP contribution is -2.33. The van der Waals surface area contributed by atoms with Gasteiger partial charge in [0.2, 0.25) is 11.8 Å². The molecule has 0 saturated carbocycles. The number of rotatable bonds is 8. The summed E-state index contributed by atoms with van der Waals surface area (Å²) in [6.45, 7) is 8.00. The Morgan fingerprint density at radius 3 is 2.50 bits per heavy atom. The van der Waals surface area contributed by atoms with Crippen molar-refractivity contribution in [2.24, 2.45) is 11.8 Å². The van der Waals surface area contributed by atoms with Crippen LogP contribution in [0.3, 0.4) is 0 Å². The molecule has 2 atom stereocenters. The lowest BCUT2D eigenvalue weighted by Gasteiger charge is -2.18. The number of hydrogen-bond acceptors (Lipinski definition) is 2. The molecule has 2 aromatic rings. The highest BCUT2D eigenvalue weighted by Crippen LogP contribution is 2.24. The molecule has 3 rings (SSSR count). The predicted molar refractivity (Wildman–Crippen MR) is 121 cm³/mol. The van der Waals surface area contributed by atoms with E-state index in [9.17, 15) is 9.59 Å². The van der Waals surface area contributed by atoms with Crippen molar-refractivity contribution in [2.45, 2.75) is 46.1 Å². The van der Waals surface area contributed by atoms with Gasteiger partial charge in [0.15, 0.2) is 0 Å². The van der Waals surface area contributed by atoms with Crippen LogP contribution in [-0.2, 0) is 22.6 Å². The molecule has 4 nitrogen and oxygen atoms in total. The summed E-state index contributed by atoms with van der Waals surface area (Å²) >= 11 is 6.22. The molecule has 1 N–H and O–H groups in total. The van der Waals surface area contributed by atoms with E-state index in [-0.39, 0.29) is 23.7 Å². The molecule has 1 fully saturated rings. The Hall–Kier alpha value is -2.33. The molecule has 0 radical (unpaired) electrons. The van der Waals surface area contributed by atoms with Crippen LogP contribution in [0, 0.1) is 11.8 Å². The highest BCUT2D eigenvalue weighted by atomic mass is 35.5. The van der Waals surface area contributed by atoms with Crippen molar-refractivity contribution in [2.75, 3.05) is 13.1 Å². The van der Waals surface area contributed by atoms with Gasteiger partial charge in [-0.15, -0.1) is 0 Å². The Bertz CT molecular complexity index is 879. The zero-order valence-electron chi connectivity index (χ0n) is 18.0. The van der Waals surface area contributed by atoms with E-state index < -0.39 is 0 Å². The van der Waals surface area contributed by atoms with Gasteiger partial charge in [-0.05, 0) is 42.0 Å². The van der Waals surface area contributed by atoms with E-state index in [1.165, 1.54) is 5.56 Å². The van der Waals surface area contributed by atoms with Crippen LogP contribution in [0.25, 0.3) is 0 Å². The first-order chi connectivity index (χ1) is 14.3. The van der Waals surface area contributed by atoms with E-state index in [2.05, 4.69) is 31.3 Å². The zero-order valence-corrected chi connectivity index (χ0v) is 18.8. The van der Waals surface area contributed by atoms with Gasteiger partial charge in [-0.3, -0.25) is 9.59 Å². The summed E-state index contributed by atoms with van der Waals surface area (Å²) in [4.78, 5) is 26.8. The minimum Gasteiger partial charge on any atom is -0.355 e. The van der Waals surface area contributed by atoms with E-state index >= 15 is 0 Å². The van der Waals surface area contributed by atoms with Crippen LogP contribution in [0.4, 0.5) is 0 Å². The molecule has 0 spiro atoms. The third-order valence-corrected chi connectivity index (χ3v) is 6.06. The van der Waals surface area contributed by atoms with Crippen LogP contribution in [0.15, 0.2) is 48.5 Å². The fourth-order valence-corrected chi connectivity index (χ4v) is 4.13. The number of benzene rings is 2. The molecule has 5 heteroatoms. The molecule has 0 bridgehead atoms. The molecule has 1 saturated heterocycles. The maximum atomic E-state index is 12.6. The van der Waals surface area contributed by atoms with Crippen LogP contribution < -0.4 is 5.32 Å². The van der Waals surface area contributed by atoms with Crippen LogP contribution in [0.2, 0.25) is 5.02 Å². The van der Waals surface area contributed by atoms with Crippen molar-refractivity contribution in [1.29, 1.82) is 0 Å². The van der Waals surface area contributed by atoms with Crippen LogP contribution in [0.1, 0.15) is 49.8 Å². The Labute approximate surface area is 184 Å². The first-order valence-electron chi connectivity index (χ1n) is 10.7. The molecular formula is C25H31ClN2O2. The molecule has 2 aromatic carbocycles. The minimum absolute atomic E-state index is 0.00334. The Morgan fingerprint density at radius 2 is 1.83 bits per heavy atom. The normalized spacial score (nSPS) is 17.4. The fourth-order valence-electron chi connectivity index (χ4n) is 3.94. The number of halogens is 1. The Kier molecular flexibility index (Phi) is 7.54. The SMILES string of the molecule is CC(C)Cc1ccc(C(C)C(=O)NCC2CC(=O)N(Cc3ccccc3Cl)C2)cc1. The first-order valence-corrected chi connectivity index (χ1v) is 11.1. The number of nitrogens with one attached hydrogen (secondary N) is 1. The number of likely N-dealkylation sites (tertiary alicyclic amines) is 1. The summed E-state index contributed by atoms with van der Waals surface area (Å²) in [6.07, 6.45) is 1.50. The molecule has 2 amide bonds. The lowest BCUT2D eigenvalue weighted by atomic mass is 9.96. The second-order valence-corrected chi connectivity index (χ2v) is 9.15. The molecule has 0 aromatic heterocycles. The smallest absolute Gasteiger partial charge is 0.227 e. The van der Waals surface area contributed by atoms with Crippen LogP contribution in [0.5, 0.6) is 0 Å². The molecular weight excluding hydrogens is 396 g/mol. The highest BCUT2D eigenvalue weighted by Gasteiger charge is 2.30. The average Bonchev–Trinajstić information content (AvgIpc) is 3.07. The third-order valence-electron chi connectivity index (χ3n) is 5.70. The molecule has 0 aliphatic carbocycles. The maximum absolute atomic E-state index is 12.6. The number of nitrogens with zero attached hydrogens (tertiary/aromatic N) is 1. The summed E-state index contributed by atoms with van der Waals surface area (Å²) in [5.74, 6) is 0.647. The Balaban J connectivity index is 1.49. The molecule has 1 aliphatic heterocycles. The van der Waals surface area contributed by atoms with Crippen molar-refractivity contribution < 1.29 is 9.59 Å². The largest absolute Gasteiger partial charge is 0.355 e. The monoisotopic (exact) mass is 426 g/mol. The average molecular weight is 427 g/mol. The number of carbonyl (C=O) groups is 2. The summed E-state index contributed by atoms with van der Waals surface area (Å²) in [7, 11) is 0.